The van der Waals surface area contributed by atoms with Crippen LogP contribution >= 0.6 is 11.6 Å². The third-order valence-corrected chi connectivity index (χ3v) is 3.57. The first-order chi connectivity index (χ1) is 9.97. The van der Waals surface area contributed by atoms with Gasteiger partial charge >= 0.3 is 0 Å². The molecule has 0 aliphatic carbocycles. The minimum Gasteiger partial charge on any atom is -0.496 e. The van der Waals surface area contributed by atoms with Gasteiger partial charge in [0.25, 0.3) is 0 Å². The molecule has 0 fully saturated rings. The highest BCUT2D eigenvalue weighted by Crippen LogP contribution is 2.29. The fourth-order valence-corrected chi connectivity index (χ4v) is 2.57. The topological polar surface area (TPSA) is 35.5 Å². The lowest BCUT2D eigenvalue weighted by atomic mass is 9.98. The van der Waals surface area contributed by atoms with Crippen molar-refractivity contribution in [1.29, 1.82) is 0 Å². The molecule has 0 aliphatic heterocycles. The van der Waals surface area contributed by atoms with E-state index in [1.807, 2.05) is 26.0 Å². The second-order valence-corrected chi connectivity index (χ2v) is 5.25. The van der Waals surface area contributed by atoms with Crippen molar-refractivity contribution in [1.82, 2.24) is 0 Å². The van der Waals surface area contributed by atoms with Gasteiger partial charge in [-0.1, -0.05) is 11.6 Å². The molecule has 0 radical (unpaired) electrons. The van der Waals surface area contributed by atoms with Gasteiger partial charge in [-0.3, -0.25) is 4.79 Å². The first kappa shape index (κ1) is 15.4. The first-order valence-corrected chi connectivity index (χ1v) is 6.89. The van der Waals surface area contributed by atoms with Crippen molar-refractivity contribution in [2.24, 2.45) is 0 Å². The summed E-state index contributed by atoms with van der Waals surface area (Å²) in [5.74, 6) is 1.17. The van der Waals surface area contributed by atoms with Crippen molar-refractivity contribution in [3.05, 3.63) is 57.6 Å². The van der Waals surface area contributed by atoms with E-state index >= 15 is 0 Å². The van der Waals surface area contributed by atoms with E-state index in [4.69, 9.17) is 21.1 Å². The SMILES string of the molecule is COc1cc(Cl)ccc1C(=O)c1cc(C)c(OC)c(C)c1. The average Bonchev–Trinajstić information content (AvgIpc) is 2.46. The Morgan fingerprint density at radius 2 is 1.62 bits per heavy atom. The summed E-state index contributed by atoms with van der Waals surface area (Å²) in [6.45, 7) is 3.84. The second kappa shape index (κ2) is 6.19. The first-order valence-electron chi connectivity index (χ1n) is 6.51. The van der Waals surface area contributed by atoms with Gasteiger partial charge in [0.1, 0.15) is 11.5 Å². The Morgan fingerprint density at radius 1 is 1.00 bits per heavy atom. The molecule has 0 atom stereocenters. The van der Waals surface area contributed by atoms with E-state index in [0.717, 1.165) is 16.9 Å². The Labute approximate surface area is 129 Å². The van der Waals surface area contributed by atoms with Crippen LogP contribution in [0.3, 0.4) is 0 Å². The van der Waals surface area contributed by atoms with Gasteiger partial charge in [0, 0.05) is 10.6 Å². The lowest BCUT2D eigenvalue weighted by molar-refractivity contribution is 0.103. The van der Waals surface area contributed by atoms with E-state index in [1.54, 1.807) is 25.3 Å². The molecular formula is C17H17ClO3. The predicted molar refractivity (Wildman–Crippen MR) is 83.9 cm³/mol. The van der Waals surface area contributed by atoms with Crippen LogP contribution in [-0.2, 0) is 0 Å². The van der Waals surface area contributed by atoms with E-state index in [0.29, 0.717) is 21.9 Å². The summed E-state index contributed by atoms with van der Waals surface area (Å²) in [4.78, 5) is 12.7. The number of halogens is 1. The predicted octanol–water partition coefficient (Wildman–Crippen LogP) is 4.21. The van der Waals surface area contributed by atoms with Gasteiger partial charge in [-0.05, 0) is 55.3 Å². The molecule has 21 heavy (non-hydrogen) atoms. The summed E-state index contributed by atoms with van der Waals surface area (Å²) in [6, 6.07) is 8.64. The van der Waals surface area contributed by atoms with Gasteiger partial charge in [-0.2, -0.15) is 0 Å². The molecule has 0 bridgehead atoms. The largest absolute Gasteiger partial charge is 0.496 e. The summed E-state index contributed by atoms with van der Waals surface area (Å²) in [5, 5.41) is 0.533. The van der Waals surface area contributed by atoms with Crippen LogP contribution in [0.1, 0.15) is 27.0 Å². The van der Waals surface area contributed by atoms with Crippen LogP contribution in [0.4, 0.5) is 0 Å². The summed E-state index contributed by atoms with van der Waals surface area (Å²) in [7, 11) is 3.14. The van der Waals surface area contributed by atoms with Crippen LogP contribution in [-0.4, -0.2) is 20.0 Å². The fourth-order valence-electron chi connectivity index (χ4n) is 2.41. The highest BCUT2D eigenvalue weighted by molar-refractivity contribution is 6.31. The standard InChI is InChI=1S/C17H17ClO3/c1-10-7-12(8-11(2)17(10)21-4)16(19)14-6-5-13(18)9-15(14)20-3/h5-9H,1-4H3. The molecule has 0 aliphatic rings. The third kappa shape index (κ3) is 3.03. The molecule has 110 valence electrons. The van der Waals surface area contributed by atoms with Crippen LogP contribution in [0.2, 0.25) is 5.02 Å². The molecule has 0 aromatic heterocycles. The molecule has 0 heterocycles. The Balaban J connectivity index is 2.50. The van der Waals surface area contributed by atoms with Crippen LogP contribution < -0.4 is 9.47 Å². The average molecular weight is 305 g/mol. The number of ether oxygens (including phenoxy) is 2. The lowest BCUT2D eigenvalue weighted by Gasteiger charge is -2.12. The molecule has 0 unspecified atom stereocenters. The molecule has 0 spiro atoms. The zero-order chi connectivity index (χ0) is 15.6. The smallest absolute Gasteiger partial charge is 0.196 e. The minimum atomic E-state index is -0.0997. The Hall–Kier alpha value is -2.00. The summed E-state index contributed by atoms with van der Waals surface area (Å²) in [5.41, 5.74) is 2.94. The molecule has 2 aromatic carbocycles. The molecule has 0 saturated heterocycles. The van der Waals surface area contributed by atoms with Gasteiger partial charge < -0.3 is 9.47 Å². The molecule has 0 amide bonds. The van der Waals surface area contributed by atoms with Crippen LogP contribution in [0, 0.1) is 13.8 Å². The minimum absolute atomic E-state index is 0.0997. The quantitative estimate of drug-likeness (QED) is 0.794. The molecular weight excluding hydrogens is 288 g/mol. The number of carbonyl (C=O) groups is 1. The van der Waals surface area contributed by atoms with Gasteiger partial charge in [-0.15, -0.1) is 0 Å². The highest BCUT2D eigenvalue weighted by Gasteiger charge is 2.17. The maximum atomic E-state index is 12.7. The van der Waals surface area contributed by atoms with Gasteiger partial charge in [-0.25, -0.2) is 0 Å². The zero-order valence-electron chi connectivity index (χ0n) is 12.5. The Bertz CT molecular complexity index is 669. The number of methoxy groups -OCH3 is 2. The van der Waals surface area contributed by atoms with Crippen molar-refractivity contribution in [3.8, 4) is 11.5 Å². The van der Waals surface area contributed by atoms with Crippen molar-refractivity contribution >= 4 is 17.4 Å². The number of hydrogen-bond acceptors (Lipinski definition) is 3. The van der Waals surface area contributed by atoms with Crippen molar-refractivity contribution < 1.29 is 14.3 Å². The normalized spacial score (nSPS) is 10.3. The maximum Gasteiger partial charge on any atom is 0.196 e. The van der Waals surface area contributed by atoms with Gasteiger partial charge in [0.15, 0.2) is 5.78 Å². The second-order valence-electron chi connectivity index (χ2n) is 4.82. The number of ketones is 1. The number of hydrogen-bond donors (Lipinski definition) is 0. The van der Waals surface area contributed by atoms with E-state index < -0.39 is 0 Å². The van der Waals surface area contributed by atoms with Crippen molar-refractivity contribution in [2.45, 2.75) is 13.8 Å². The Kier molecular flexibility index (Phi) is 4.53. The molecule has 0 saturated carbocycles. The summed E-state index contributed by atoms with van der Waals surface area (Å²) < 4.78 is 10.6. The summed E-state index contributed by atoms with van der Waals surface area (Å²) in [6.07, 6.45) is 0. The summed E-state index contributed by atoms with van der Waals surface area (Å²) >= 11 is 5.93. The molecule has 2 aromatic rings. The number of aryl methyl sites for hydroxylation is 2. The Morgan fingerprint density at radius 3 is 2.14 bits per heavy atom. The van der Waals surface area contributed by atoms with Crippen molar-refractivity contribution in [2.75, 3.05) is 14.2 Å². The highest BCUT2D eigenvalue weighted by atomic mass is 35.5. The maximum absolute atomic E-state index is 12.7. The number of benzene rings is 2. The molecule has 0 N–H and O–H groups in total. The zero-order valence-corrected chi connectivity index (χ0v) is 13.2. The van der Waals surface area contributed by atoms with Gasteiger partial charge in [0.05, 0.1) is 19.8 Å². The van der Waals surface area contributed by atoms with E-state index in [-0.39, 0.29) is 5.78 Å². The number of carbonyl (C=O) groups excluding carboxylic acids is 1. The molecule has 4 heteroatoms. The van der Waals surface area contributed by atoms with E-state index in [1.165, 1.54) is 7.11 Å². The third-order valence-electron chi connectivity index (χ3n) is 3.33. The monoisotopic (exact) mass is 304 g/mol. The van der Waals surface area contributed by atoms with Gasteiger partial charge in [0.2, 0.25) is 0 Å². The number of rotatable bonds is 4. The van der Waals surface area contributed by atoms with E-state index in [2.05, 4.69) is 0 Å². The fraction of sp³-hybridized carbons (Fsp3) is 0.235. The lowest BCUT2D eigenvalue weighted by Crippen LogP contribution is -2.05. The van der Waals surface area contributed by atoms with E-state index in [9.17, 15) is 4.79 Å². The van der Waals surface area contributed by atoms with Crippen LogP contribution in [0.15, 0.2) is 30.3 Å². The van der Waals surface area contributed by atoms with Crippen LogP contribution in [0.25, 0.3) is 0 Å². The van der Waals surface area contributed by atoms with Crippen molar-refractivity contribution in [3.63, 3.8) is 0 Å². The van der Waals surface area contributed by atoms with Crippen LogP contribution in [0.5, 0.6) is 11.5 Å². The molecule has 2 rings (SSSR count). The molecule has 3 nitrogen and oxygen atoms in total.